The monoisotopic (exact) mass is 220 g/mol. The van der Waals surface area contributed by atoms with Crippen molar-refractivity contribution in [3.8, 4) is 0 Å². The van der Waals surface area contributed by atoms with Crippen LogP contribution in [-0.4, -0.2) is 5.78 Å². The van der Waals surface area contributed by atoms with Gasteiger partial charge >= 0.3 is 0 Å². The van der Waals surface area contributed by atoms with E-state index >= 15 is 0 Å². The molecular weight excluding hydrogens is 212 g/mol. The van der Waals surface area contributed by atoms with Gasteiger partial charge in [0.1, 0.15) is 0 Å². The number of hydrogen-bond acceptors (Lipinski definition) is 3. The van der Waals surface area contributed by atoms with Crippen LogP contribution in [0.3, 0.4) is 0 Å². The van der Waals surface area contributed by atoms with Gasteiger partial charge in [0.15, 0.2) is 5.78 Å². The Morgan fingerprint density at radius 2 is 1.43 bits per heavy atom. The summed E-state index contributed by atoms with van der Waals surface area (Å²) < 4.78 is 0. The molecule has 3 rings (SSSR count). The van der Waals surface area contributed by atoms with Gasteiger partial charge < -0.3 is 0 Å². The minimum atomic E-state index is 0.218. The van der Waals surface area contributed by atoms with Gasteiger partial charge in [-0.05, 0) is 35.7 Å². The molecule has 70 valence electrons. The Hall–Kier alpha value is -0.930. The van der Waals surface area contributed by atoms with E-state index in [9.17, 15) is 4.79 Å². The summed E-state index contributed by atoms with van der Waals surface area (Å²) in [6, 6.07) is 3.91. The van der Waals surface area contributed by atoms with Crippen LogP contribution in [0.25, 0.3) is 0 Å². The van der Waals surface area contributed by atoms with E-state index < -0.39 is 0 Å². The van der Waals surface area contributed by atoms with Gasteiger partial charge in [0, 0.05) is 20.9 Å². The maximum atomic E-state index is 12.1. The molecule has 0 aliphatic heterocycles. The minimum Gasteiger partial charge on any atom is -0.289 e. The molecule has 0 atom stereocenters. The SMILES string of the molecule is O=C1c2ccsc2CCc2sccc21. The van der Waals surface area contributed by atoms with Gasteiger partial charge in [-0.3, -0.25) is 4.79 Å². The molecule has 0 spiro atoms. The van der Waals surface area contributed by atoms with E-state index in [2.05, 4.69) is 0 Å². The first-order valence-electron chi connectivity index (χ1n) is 4.53. The summed E-state index contributed by atoms with van der Waals surface area (Å²) in [5, 5.41) is 4.03. The van der Waals surface area contributed by atoms with Crippen molar-refractivity contribution in [2.45, 2.75) is 12.8 Å². The topological polar surface area (TPSA) is 17.1 Å². The largest absolute Gasteiger partial charge is 0.289 e. The summed E-state index contributed by atoms with van der Waals surface area (Å²) in [6.07, 6.45) is 2.04. The van der Waals surface area contributed by atoms with E-state index in [-0.39, 0.29) is 5.78 Å². The maximum Gasteiger partial charge on any atom is 0.195 e. The second-order valence-electron chi connectivity index (χ2n) is 3.34. The van der Waals surface area contributed by atoms with Gasteiger partial charge in [-0.1, -0.05) is 0 Å². The Kier molecular flexibility index (Phi) is 1.82. The summed E-state index contributed by atoms with van der Waals surface area (Å²) >= 11 is 3.40. The molecule has 0 aromatic carbocycles. The van der Waals surface area contributed by atoms with Crippen LogP contribution in [0.4, 0.5) is 0 Å². The zero-order chi connectivity index (χ0) is 9.54. The highest BCUT2D eigenvalue weighted by molar-refractivity contribution is 7.11. The molecule has 0 saturated heterocycles. The van der Waals surface area contributed by atoms with E-state index in [1.807, 2.05) is 22.9 Å². The molecule has 0 amide bonds. The van der Waals surface area contributed by atoms with E-state index in [0.717, 1.165) is 24.0 Å². The van der Waals surface area contributed by atoms with Gasteiger partial charge in [-0.15, -0.1) is 22.7 Å². The third-order valence-corrected chi connectivity index (χ3v) is 4.52. The summed E-state index contributed by atoms with van der Waals surface area (Å²) in [4.78, 5) is 14.6. The van der Waals surface area contributed by atoms with Gasteiger partial charge in [-0.25, -0.2) is 0 Å². The third kappa shape index (κ3) is 1.09. The first kappa shape index (κ1) is 8.38. The number of carbonyl (C=O) groups is 1. The molecule has 1 aliphatic carbocycles. The number of ketones is 1. The predicted molar refractivity (Wildman–Crippen MR) is 59.5 cm³/mol. The quantitative estimate of drug-likeness (QED) is 0.666. The molecular formula is C11H8OS2. The first-order chi connectivity index (χ1) is 6.86. The molecule has 0 fully saturated rings. The van der Waals surface area contributed by atoms with Crippen LogP contribution >= 0.6 is 22.7 Å². The first-order valence-corrected chi connectivity index (χ1v) is 6.29. The Morgan fingerprint density at radius 1 is 0.929 bits per heavy atom. The summed E-state index contributed by atoms with van der Waals surface area (Å²) in [7, 11) is 0. The zero-order valence-electron chi connectivity index (χ0n) is 7.45. The average molecular weight is 220 g/mol. The number of fused-ring (bicyclic) bond motifs is 2. The van der Waals surface area contributed by atoms with Gasteiger partial charge in [0.25, 0.3) is 0 Å². The molecule has 0 radical (unpaired) electrons. The Bertz CT molecular complexity index is 449. The fourth-order valence-corrected chi connectivity index (χ4v) is 3.60. The lowest BCUT2D eigenvalue weighted by atomic mass is 10.1. The second kappa shape index (κ2) is 3.04. The zero-order valence-corrected chi connectivity index (χ0v) is 9.08. The lowest BCUT2D eigenvalue weighted by molar-refractivity contribution is 0.103. The molecule has 0 N–H and O–H groups in total. The molecule has 0 bridgehead atoms. The van der Waals surface area contributed by atoms with Crippen LogP contribution in [0.5, 0.6) is 0 Å². The van der Waals surface area contributed by atoms with E-state index in [4.69, 9.17) is 0 Å². The van der Waals surface area contributed by atoms with Crippen molar-refractivity contribution in [2.24, 2.45) is 0 Å². The fourth-order valence-electron chi connectivity index (χ4n) is 1.85. The molecule has 2 aromatic rings. The summed E-state index contributed by atoms with van der Waals surface area (Å²) in [5.41, 5.74) is 1.85. The molecule has 1 nitrogen and oxygen atoms in total. The second-order valence-corrected chi connectivity index (χ2v) is 5.35. The van der Waals surface area contributed by atoms with Crippen LogP contribution < -0.4 is 0 Å². The highest BCUT2D eigenvalue weighted by atomic mass is 32.1. The van der Waals surface area contributed by atoms with Crippen molar-refractivity contribution in [1.29, 1.82) is 0 Å². The number of thiophene rings is 2. The smallest absolute Gasteiger partial charge is 0.195 e. The number of rotatable bonds is 0. The highest BCUT2D eigenvalue weighted by Crippen LogP contribution is 2.30. The molecule has 2 aromatic heterocycles. The third-order valence-electron chi connectivity index (χ3n) is 2.56. The van der Waals surface area contributed by atoms with Gasteiger partial charge in [0.2, 0.25) is 0 Å². The van der Waals surface area contributed by atoms with Crippen molar-refractivity contribution in [2.75, 3.05) is 0 Å². The number of carbonyl (C=O) groups excluding carboxylic acids is 1. The van der Waals surface area contributed by atoms with Crippen molar-refractivity contribution >= 4 is 28.5 Å². The van der Waals surface area contributed by atoms with Crippen LogP contribution in [-0.2, 0) is 12.8 Å². The molecule has 14 heavy (non-hydrogen) atoms. The number of hydrogen-bond donors (Lipinski definition) is 0. The average Bonchev–Trinajstić information content (AvgIpc) is 2.81. The van der Waals surface area contributed by atoms with Crippen molar-refractivity contribution in [3.05, 3.63) is 43.8 Å². The van der Waals surface area contributed by atoms with Gasteiger partial charge in [0.05, 0.1) is 0 Å². The van der Waals surface area contributed by atoms with Crippen LogP contribution in [0.15, 0.2) is 22.9 Å². The Labute approximate surface area is 90.0 Å². The fraction of sp³-hybridized carbons (Fsp3) is 0.182. The van der Waals surface area contributed by atoms with Crippen molar-refractivity contribution < 1.29 is 4.79 Å². The van der Waals surface area contributed by atoms with Crippen LogP contribution in [0.1, 0.15) is 25.7 Å². The van der Waals surface area contributed by atoms with Gasteiger partial charge in [-0.2, -0.15) is 0 Å². The minimum absolute atomic E-state index is 0.218. The summed E-state index contributed by atoms with van der Waals surface area (Å²) in [6.45, 7) is 0. The predicted octanol–water partition coefficient (Wildman–Crippen LogP) is 3.14. The highest BCUT2D eigenvalue weighted by Gasteiger charge is 2.22. The van der Waals surface area contributed by atoms with Crippen LogP contribution in [0, 0.1) is 0 Å². The Balaban J connectivity index is 2.22. The van der Waals surface area contributed by atoms with E-state index in [0.29, 0.717) is 0 Å². The standard InChI is InChI=1S/C11H8OS2/c12-11-7-3-5-13-9(7)1-2-10-8(11)4-6-14-10/h3-6H,1-2H2. The molecule has 1 aliphatic rings. The van der Waals surface area contributed by atoms with Crippen molar-refractivity contribution in [3.63, 3.8) is 0 Å². The molecule has 0 saturated carbocycles. The number of aryl methyl sites for hydroxylation is 2. The normalized spacial score (nSPS) is 14.7. The summed E-state index contributed by atoms with van der Waals surface area (Å²) in [5.74, 6) is 0.218. The van der Waals surface area contributed by atoms with Crippen molar-refractivity contribution in [1.82, 2.24) is 0 Å². The molecule has 0 unspecified atom stereocenters. The van der Waals surface area contributed by atoms with E-state index in [1.165, 1.54) is 9.75 Å². The molecule has 2 heterocycles. The lowest BCUT2D eigenvalue weighted by Gasteiger charge is -1.94. The molecule has 3 heteroatoms. The Morgan fingerprint density at radius 3 is 1.93 bits per heavy atom. The van der Waals surface area contributed by atoms with Crippen LogP contribution in [0.2, 0.25) is 0 Å². The maximum absolute atomic E-state index is 12.1. The van der Waals surface area contributed by atoms with E-state index in [1.54, 1.807) is 22.7 Å². The lowest BCUT2D eigenvalue weighted by Crippen LogP contribution is -1.99.